The fourth-order valence-corrected chi connectivity index (χ4v) is 6.91. The maximum absolute atomic E-state index is 14.0. The third-order valence-corrected chi connectivity index (χ3v) is 7.84. The van der Waals surface area contributed by atoms with Crippen LogP contribution < -0.4 is 10.8 Å². The Balaban J connectivity index is 1.58. The number of nitrogens with one attached hydrogen (secondary N) is 2. The summed E-state index contributed by atoms with van der Waals surface area (Å²) < 4.78 is 42.1. The molecule has 4 aliphatic carbocycles. The number of halogens is 3. The van der Waals surface area contributed by atoms with Gasteiger partial charge in [0.25, 0.3) is 5.91 Å². The molecule has 1 aromatic heterocycles. The lowest BCUT2D eigenvalue weighted by Gasteiger charge is -2.55. The van der Waals surface area contributed by atoms with Gasteiger partial charge in [-0.3, -0.25) is 19.8 Å². The number of anilines is 1. The van der Waals surface area contributed by atoms with Gasteiger partial charge in [0.2, 0.25) is 5.91 Å². The normalized spacial score (nSPS) is 28.2. The molecular weight excluding hydrogens is 435 g/mol. The van der Waals surface area contributed by atoms with Gasteiger partial charge in [-0.15, -0.1) is 0 Å². The molecule has 33 heavy (non-hydrogen) atoms. The number of carbonyl (C=O) groups excluding carboxylic acids is 2. The van der Waals surface area contributed by atoms with Crippen molar-refractivity contribution in [1.29, 1.82) is 0 Å². The lowest BCUT2D eigenvalue weighted by molar-refractivity contribution is -0.140. The van der Waals surface area contributed by atoms with Gasteiger partial charge in [-0.05, 0) is 80.4 Å². The molecule has 6 nitrogen and oxygen atoms in total. The van der Waals surface area contributed by atoms with Crippen molar-refractivity contribution in [3.8, 4) is 0 Å². The van der Waals surface area contributed by atoms with Gasteiger partial charge in [-0.1, -0.05) is 6.92 Å². The Morgan fingerprint density at radius 2 is 1.73 bits per heavy atom. The zero-order valence-electron chi connectivity index (χ0n) is 18.3. The molecule has 176 valence electrons. The maximum Gasteiger partial charge on any atom is 0.417 e. The van der Waals surface area contributed by atoms with Crippen molar-refractivity contribution in [2.75, 3.05) is 5.32 Å². The van der Waals surface area contributed by atoms with E-state index in [-0.39, 0.29) is 22.5 Å². The van der Waals surface area contributed by atoms with Gasteiger partial charge in [0.05, 0.1) is 22.1 Å². The zero-order valence-corrected chi connectivity index (χ0v) is 18.3. The topological polar surface area (TPSA) is 91.3 Å². The van der Waals surface area contributed by atoms with Crippen molar-refractivity contribution in [2.24, 2.45) is 23.2 Å². The number of nitrogens with zero attached hydrogens (tertiary/aromatic N) is 1. The Morgan fingerprint density at radius 3 is 2.24 bits per heavy atom. The van der Waals surface area contributed by atoms with Crippen LogP contribution >= 0.6 is 0 Å². The average molecular weight is 461 g/mol. The largest absolute Gasteiger partial charge is 0.417 e. The lowest BCUT2D eigenvalue weighted by Crippen LogP contribution is -2.51. The quantitative estimate of drug-likeness (QED) is 0.437. The minimum Gasteiger partial charge on any atom is -0.326 e. The third-order valence-electron chi connectivity index (χ3n) is 7.84. The molecule has 0 atom stereocenters. The van der Waals surface area contributed by atoms with Gasteiger partial charge in [0.1, 0.15) is 0 Å². The number of aryl methyl sites for hydroxylation is 1. The number of carbonyl (C=O) groups is 2. The van der Waals surface area contributed by atoms with E-state index in [1.54, 1.807) is 13.0 Å². The second-order valence-electron chi connectivity index (χ2n) is 10.0. The van der Waals surface area contributed by atoms with Gasteiger partial charge in [0.15, 0.2) is 0 Å². The highest BCUT2D eigenvalue weighted by Crippen LogP contribution is 2.60. The molecule has 4 saturated carbocycles. The summed E-state index contributed by atoms with van der Waals surface area (Å²) in [6.45, 7) is 1.79. The van der Waals surface area contributed by atoms with Crippen LogP contribution in [-0.4, -0.2) is 22.0 Å². The van der Waals surface area contributed by atoms with Gasteiger partial charge in [-0.2, -0.15) is 13.2 Å². The van der Waals surface area contributed by atoms with E-state index < -0.39 is 28.6 Å². The summed E-state index contributed by atoms with van der Waals surface area (Å²) in [5.41, 5.74) is -0.213. The van der Waals surface area contributed by atoms with Crippen LogP contribution in [0.4, 0.5) is 18.9 Å². The Hall–Kier alpha value is -2.68. The molecule has 2 amide bonds. The van der Waals surface area contributed by atoms with E-state index in [1.807, 2.05) is 0 Å². The summed E-state index contributed by atoms with van der Waals surface area (Å²) in [7, 11) is 0. The standard InChI is InChI=1S/C24H26F3N3O3/c1-2-15-6-16(29-22(32)23-8-12-3-13(9-23)5-14(4-12)10-23)7-17-19(24(25,26)27)18(21(31)30-33)11-28-20(15)17/h6-7,11-14,33H,2-5,8-10H2,1H3,(H,29,32)(H,30,31). The number of alkyl halides is 3. The van der Waals surface area contributed by atoms with Gasteiger partial charge in [0, 0.05) is 17.3 Å². The molecule has 0 saturated heterocycles. The maximum atomic E-state index is 14.0. The van der Waals surface area contributed by atoms with E-state index in [0.717, 1.165) is 25.5 Å². The molecule has 4 bridgehead atoms. The van der Waals surface area contributed by atoms with Crippen molar-refractivity contribution < 1.29 is 28.0 Å². The fraction of sp³-hybridized carbons (Fsp3) is 0.542. The highest BCUT2D eigenvalue weighted by atomic mass is 19.4. The second-order valence-corrected chi connectivity index (χ2v) is 10.0. The zero-order chi connectivity index (χ0) is 23.5. The number of pyridine rings is 1. The van der Waals surface area contributed by atoms with Crippen LogP contribution in [0.5, 0.6) is 0 Å². The number of hydroxylamine groups is 1. The first-order valence-electron chi connectivity index (χ1n) is 11.4. The molecule has 3 N–H and O–H groups in total. The Morgan fingerprint density at radius 1 is 1.12 bits per heavy atom. The molecule has 4 fully saturated rings. The molecule has 0 radical (unpaired) electrons. The smallest absolute Gasteiger partial charge is 0.326 e. The number of benzene rings is 1. The van der Waals surface area contributed by atoms with Gasteiger partial charge in [-0.25, -0.2) is 5.48 Å². The average Bonchev–Trinajstić information content (AvgIpc) is 2.75. The number of rotatable bonds is 4. The minimum absolute atomic E-state index is 0.117. The summed E-state index contributed by atoms with van der Waals surface area (Å²) >= 11 is 0. The van der Waals surface area contributed by atoms with Crippen LogP contribution in [0.25, 0.3) is 10.9 Å². The first kappa shape index (κ1) is 22.1. The summed E-state index contributed by atoms with van der Waals surface area (Å²) in [5, 5.41) is 11.6. The molecule has 0 unspecified atom stereocenters. The summed E-state index contributed by atoms with van der Waals surface area (Å²) in [6, 6.07) is 2.91. The van der Waals surface area contributed by atoms with E-state index in [0.29, 0.717) is 29.7 Å². The molecule has 1 aromatic carbocycles. The first-order valence-corrected chi connectivity index (χ1v) is 11.4. The van der Waals surface area contributed by atoms with Crippen molar-refractivity contribution >= 4 is 28.4 Å². The van der Waals surface area contributed by atoms with E-state index in [4.69, 9.17) is 5.21 Å². The Bertz CT molecular complexity index is 1110. The molecule has 0 aliphatic heterocycles. The summed E-state index contributed by atoms with van der Waals surface area (Å²) in [4.78, 5) is 29.5. The van der Waals surface area contributed by atoms with Crippen molar-refractivity contribution in [3.63, 3.8) is 0 Å². The molecule has 1 heterocycles. The second kappa shape index (κ2) is 7.68. The van der Waals surface area contributed by atoms with E-state index in [1.165, 1.54) is 30.8 Å². The van der Waals surface area contributed by atoms with Crippen LogP contribution in [0.2, 0.25) is 0 Å². The molecule has 6 rings (SSSR count). The highest BCUT2D eigenvalue weighted by molar-refractivity contribution is 6.03. The SMILES string of the molecule is CCc1cc(NC(=O)C23CC4CC(CC(C4)C2)C3)cc2c(C(F)(F)F)c(C(=O)NO)cnc12. The monoisotopic (exact) mass is 461 g/mol. The van der Waals surface area contributed by atoms with Gasteiger partial charge >= 0.3 is 6.18 Å². The Labute approximate surface area is 188 Å². The fourth-order valence-electron chi connectivity index (χ4n) is 6.91. The molecule has 2 aromatic rings. The van der Waals surface area contributed by atoms with Crippen LogP contribution in [0.3, 0.4) is 0 Å². The van der Waals surface area contributed by atoms with Crippen LogP contribution in [0, 0.1) is 23.2 Å². The number of hydrogen-bond donors (Lipinski definition) is 3. The number of aromatic nitrogens is 1. The third kappa shape index (κ3) is 3.66. The van der Waals surface area contributed by atoms with Crippen molar-refractivity contribution in [2.45, 2.75) is 58.0 Å². The highest BCUT2D eigenvalue weighted by Gasteiger charge is 2.54. The van der Waals surface area contributed by atoms with Crippen molar-refractivity contribution in [1.82, 2.24) is 10.5 Å². The summed E-state index contributed by atoms with van der Waals surface area (Å²) in [5.74, 6) is 0.271. The number of hydrogen-bond acceptors (Lipinski definition) is 4. The van der Waals surface area contributed by atoms with Crippen molar-refractivity contribution in [3.05, 3.63) is 35.0 Å². The predicted octanol–water partition coefficient (Wildman–Crippen LogP) is 5.09. The van der Waals surface area contributed by atoms with E-state index in [2.05, 4.69) is 10.3 Å². The molecule has 9 heteroatoms. The summed E-state index contributed by atoms with van der Waals surface area (Å²) in [6.07, 6.45) is 2.42. The lowest BCUT2D eigenvalue weighted by atomic mass is 9.49. The van der Waals surface area contributed by atoms with Crippen LogP contribution in [0.15, 0.2) is 18.3 Å². The van der Waals surface area contributed by atoms with Crippen LogP contribution in [-0.2, 0) is 17.4 Å². The predicted molar refractivity (Wildman–Crippen MR) is 115 cm³/mol. The molecular formula is C24H26F3N3O3. The van der Waals surface area contributed by atoms with E-state index in [9.17, 15) is 22.8 Å². The van der Waals surface area contributed by atoms with Crippen LogP contribution in [0.1, 0.15) is 66.9 Å². The molecule has 4 aliphatic rings. The number of amides is 2. The Kier molecular flexibility index (Phi) is 5.15. The minimum atomic E-state index is -4.86. The van der Waals surface area contributed by atoms with Gasteiger partial charge < -0.3 is 5.32 Å². The number of fused-ring (bicyclic) bond motifs is 1. The first-order chi connectivity index (χ1) is 15.6. The van der Waals surface area contributed by atoms with E-state index >= 15 is 0 Å². The molecule has 0 spiro atoms.